The van der Waals surface area contributed by atoms with Crippen LogP contribution in [-0.4, -0.2) is 19.5 Å². The van der Waals surface area contributed by atoms with Crippen molar-refractivity contribution in [3.05, 3.63) is 22.8 Å². The van der Waals surface area contributed by atoms with E-state index >= 15 is 0 Å². The van der Waals surface area contributed by atoms with Crippen LogP contribution in [0.1, 0.15) is 19.7 Å². The van der Waals surface area contributed by atoms with Gasteiger partial charge in [0.15, 0.2) is 5.82 Å². The van der Waals surface area contributed by atoms with Gasteiger partial charge in [-0.05, 0) is 29.8 Å². The molecule has 0 fully saturated rings. The Morgan fingerprint density at radius 2 is 2.20 bits per heavy atom. The van der Waals surface area contributed by atoms with Crippen molar-refractivity contribution < 1.29 is 5.11 Å². The Kier molecular flexibility index (Phi) is 2.20. The maximum Gasteiger partial charge on any atom is 0.150 e. The maximum absolute atomic E-state index is 9.93. The van der Waals surface area contributed by atoms with Gasteiger partial charge in [0, 0.05) is 12.4 Å². The molecule has 0 aliphatic heterocycles. The molecule has 80 valence electrons. The predicted molar refractivity (Wildman–Crippen MR) is 60.3 cm³/mol. The minimum absolute atomic E-state index is 0.382. The predicted octanol–water partition coefficient (Wildman–Crippen LogP) is 1.30. The van der Waals surface area contributed by atoms with Gasteiger partial charge >= 0.3 is 0 Å². The molecule has 15 heavy (non-hydrogen) atoms. The van der Waals surface area contributed by atoms with Gasteiger partial charge in [-0.15, -0.1) is 0 Å². The van der Waals surface area contributed by atoms with E-state index < -0.39 is 5.60 Å². The summed E-state index contributed by atoms with van der Waals surface area (Å²) >= 11 is 3.30. The molecule has 6 heteroatoms. The van der Waals surface area contributed by atoms with Gasteiger partial charge in [-0.25, -0.2) is 9.97 Å². The lowest BCUT2D eigenvalue weighted by Gasteiger charge is -2.15. The molecule has 0 unspecified atom stereocenters. The zero-order valence-corrected chi connectivity index (χ0v) is 9.98. The fourth-order valence-corrected chi connectivity index (χ4v) is 2.01. The molecule has 0 saturated carbocycles. The summed E-state index contributed by atoms with van der Waals surface area (Å²) in [5.74, 6) is 0.908. The summed E-state index contributed by atoms with van der Waals surface area (Å²) in [6.45, 7) is 3.34. The fourth-order valence-electron chi connectivity index (χ4n) is 1.45. The van der Waals surface area contributed by atoms with Gasteiger partial charge in [-0.2, -0.15) is 0 Å². The summed E-state index contributed by atoms with van der Waals surface area (Å²) in [7, 11) is 0. The van der Waals surface area contributed by atoms with E-state index in [2.05, 4.69) is 25.9 Å². The summed E-state index contributed by atoms with van der Waals surface area (Å²) in [4.78, 5) is 8.20. The van der Waals surface area contributed by atoms with Crippen molar-refractivity contribution in [2.75, 3.05) is 5.73 Å². The first-order chi connectivity index (χ1) is 6.91. The fraction of sp³-hybridized carbons (Fsp3) is 0.333. The van der Waals surface area contributed by atoms with Crippen LogP contribution in [0.5, 0.6) is 0 Å². The molecule has 0 aromatic carbocycles. The zero-order valence-electron chi connectivity index (χ0n) is 8.40. The van der Waals surface area contributed by atoms with E-state index in [1.54, 1.807) is 30.6 Å². The van der Waals surface area contributed by atoms with Crippen LogP contribution in [0.4, 0.5) is 5.82 Å². The smallest absolute Gasteiger partial charge is 0.150 e. The number of nitrogen functional groups attached to an aromatic ring is 1. The Hall–Kier alpha value is -1.14. The number of halogens is 1. The summed E-state index contributed by atoms with van der Waals surface area (Å²) in [5.41, 5.74) is 5.38. The second kappa shape index (κ2) is 3.18. The quantitative estimate of drug-likeness (QED) is 0.819. The van der Waals surface area contributed by atoms with Crippen LogP contribution in [0.2, 0.25) is 0 Å². The lowest BCUT2D eigenvalue weighted by molar-refractivity contribution is 0.0681. The first kappa shape index (κ1) is 10.4. The number of hydrogen-bond donors (Lipinski definition) is 2. The monoisotopic (exact) mass is 270 g/mol. The Labute approximate surface area is 95.1 Å². The molecular formula is C9H11BrN4O. The summed E-state index contributed by atoms with van der Waals surface area (Å²) in [6.07, 6.45) is 3.29. The largest absolute Gasteiger partial charge is 0.382 e. The highest BCUT2D eigenvalue weighted by molar-refractivity contribution is 9.10. The molecule has 2 heterocycles. The number of aromatic nitrogens is 3. The summed E-state index contributed by atoms with van der Waals surface area (Å²) in [5, 5.41) is 9.93. The number of fused-ring (bicyclic) bond motifs is 1. The van der Waals surface area contributed by atoms with Crippen LogP contribution in [0.15, 0.2) is 17.0 Å². The van der Waals surface area contributed by atoms with E-state index in [4.69, 9.17) is 5.73 Å². The second-order valence-electron chi connectivity index (χ2n) is 3.82. The van der Waals surface area contributed by atoms with Gasteiger partial charge in [-0.3, -0.25) is 4.40 Å². The number of nitrogens with two attached hydrogens (primary N) is 1. The first-order valence-corrected chi connectivity index (χ1v) is 5.21. The first-order valence-electron chi connectivity index (χ1n) is 4.42. The van der Waals surface area contributed by atoms with E-state index in [-0.39, 0.29) is 0 Å². The van der Waals surface area contributed by atoms with Crippen molar-refractivity contribution in [1.82, 2.24) is 14.4 Å². The van der Waals surface area contributed by atoms with Crippen LogP contribution < -0.4 is 5.73 Å². The number of imidazole rings is 1. The van der Waals surface area contributed by atoms with Gasteiger partial charge in [0.25, 0.3) is 0 Å². The van der Waals surface area contributed by atoms with Crippen LogP contribution in [0.25, 0.3) is 5.52 Å². The third kappa shape index (κ3) is 1.59. The van der Waals surface area contributed by atoms with Crippen molar-refractivity contribution in [2.45, 2.75) is 19.4 Å². The topological polar surface area (TPSA) is 76.4 Å². The molecule has 0 aliphatic rings. The molecule has 5 nitrogen and oxygen atoms in total. The van der Waals surface area contributed by atoms with Crippen LogP contribution in [-0.2, 0) is 5.60 Å². The standard InChI is InChI=1S/C9H11BrN4O/c1-9(2,15)8-13-6(10)5-7(11)12-3-4-14(5)8/h3-4,15H,1-2H3,(H2,11,12). The molecule has 0 aliphatic carbocycles. The molecule has 3 N–H and O–H groups in total. The lowest BCUT2D eigenvalue weighted by atomic mass is 10.1. The molecule has 2 rings (SSSR count). The van der Waals surface area contributed by atoms with Gasteiger partial charge in [0.2, 0.25) is 0 Å². The van der Waals surface area contributed by atoms with E-state index in [0.717, 1.165) is 0 Å². The highest BCUT2D eigenvalue weighted by Crippen LogP contribution is 2.27. The van der Waals surface area contributed by atoms with Gasteiger partial charge in [0.05, 0.1) is 0 Å². The van der Waals surface area contributed by atoms with Gasteiger partial charge in [0.1, 0.15) is 21.5 Å². The van der Waals surface area contributed by atoms with Crippen LogP contribution in [0.3, 0.4) is 0 Å². The number of aliphatic hydroxyl groups is 1. The molecule has 2 aromatic rings. The lowest BCUT2D eigenvalue weighted by Crippen LogP contribution is -2.19. The number of nitrogens with zero attached hydrogens (tertiary/aromatic N) is 3. The average molecular weight is 271 g/mol. The van der Waals surface area contributed by atoms with Crippen molar-refractivity contribution in [3.8, 4) is 0 Å². The SMILES string of the molecule is CC(C)(O)c1nc(Br)c2c(N)nccn12. The number of rotatable bonds is 1. The van der Waals surface area contributed by atoms with Crippen molar-refractivity contribution in [1.29, 1.82) is 0 Å². The van der Waals surface area contributed by atoms with Crippen molar-refractivity contribution in [2.24, 2.45) is 0 Å². The average Bonchev–Trinajstić information content (AvgIpc) is 2.44. The minimum Gasteiger partial charge on any atom is -0.382 e. The van der Waals surface area contributed by atoms with Crippen molar-refractivity contribution >= 4 is 27.3 Å². The van der Waals surface area contributed by atoms with Gasteiger partial charge < -0.3 is 10.8 Å². The number of hydrogen-bond acceptors (Lipinski definition) is 4. The van der Waals surface area contributed by atoms with E-state index in [1.165, 1.54) is 0 Å². The van der Waals surface area contributed by atoms with Crippen molar-refractivity contribution in [3.63, 3.8) is 0 Å². The summed E-state index contributed by atoms with van der Waals surface area (Å²) in [6, 6.07) is 0. The highest BCUT2D eigenvalue weighted by atomic mass is 79.9. The zero-order chi connectivity index (χ0) is 11.2. The third-order valence-electron chi connectivity index (χ3n) is 2.09. The molecule has 0 amide bonds. The third-order valence-corrected chi connectivity index (χ3v) is 2.64. The number of anilines is 1. The van der Waals surface area contributed by atoms with E-state index in [9.17, 15) is 5.11 Å². The molecule has 0 spiro atoms. The molecule has 0 radical (unpaired) electrons. The highest BCUT2D eigenvalue weighted by Gasteiger charge is 2.24. The maximum atomic E-state index is 9.93. The Morgan fingerprint density at radius 3 is 2.80 bits per heavy atom. The van der Waals surface area contributed by atoms with Crippen LogP contribution >= 0.6 is 15.9 Å². The molecule has 0 atom stereocenters. The molecular weight excluding hydrogens is 260 g/mol. The van der Waals surface area contributed by atoms with E-state index in [1.807, 2.05) is 0 Å². The molecule has 2 aromatic heterocycles. The Bertz CT molecular complexity index is 515. The van der Waals surface area contributed by atoms with Gasteiger partial charge in [-0.1, -0.05) is 0 Å². The van der Waals surface area contributed by atoms with E-state index in [0.29, 0.717) is 21.8 Å². The second-order valence-corrected chi connectivity index (χ2v) is 4.57. The Balaban J connectivity index is 2.85. The Morgan fingerprint density at radius 1 is 1.53 bits per heavy atom. The molecule has 0 bridgehead atoms. The molecule has 0 saturated heterocycles. The van der Waals surface area contributed by atoms with Crippen LogP contribution in [0, 0.1) is 0 Å². The normalized spacial score (nSPS) is 12.3. The summed E-state index contributed by atoms with van der Waals surface area (Å²) < 4.78 is 2.32. The minimum atomic E-state index is -1.03.